The molecule has 0 atom stereocenters. The summed E-state index contributed by atoms with van der Waals surface area (Å²) in [6.07, 6.45) is 0.465. The molecule has 0 aliphatic carbocycles. The molecule has 0 saturated heterocycles. The van der Waals surface area contributed by atoms with Gasteiger partial charge in [-0.25, -0.2) is 0 Å². The molecule has 0 radical (unpaired) electrons. The number of aryl methyl sites for hydroxylation is 2. The Morgan fingerprint density at radius 2 is 1.81 bits per heavy atom. The first-order chi connectivity index (χ1) is 7.72. The molecule has 0 bridgehead atoms. The maximum absolute atomic E-state index is 8.69. The lowest BCUT2D eigenvalue weighted by atomic mass is 10.1. The summed E-state index contributed by atoms with van der Waals surface area (Å²) in [5, 5.41) is 8.69. The highest BCUT2D eigenvalue weighted by molar-refractivity contribution is 5.40. The second-order valence-electron chi connectivity index (χ2n) is 3.96. The maximum atomic E-state index is 8.69. The van der Waals surface area contributed by atoms with Crippen LogP contribution in [0.15, 0.2) is 36.4 Å². The third-order valence-electron chi connectivity index (χ3n) is 2.72. The fourth-order valence-corrected chi connectivity index (χ4v) is 1.97. The van der Waals surface area contributed by atoms with Crippen molar-refractivity contribution in [2.75, 3.05) is 0 Å². The van der Waals surface area contributed by atoms with Gasteiger partial charge in [0.05, 0.1) is 12.5 Å². The molecule has 0 spiro atoms. The van der Waals surface area contributed by atoms with Crippen LogP contribution in [-0.4, -0.2) is 4.57 Å². The van der Waals surface area contributed by atoms with Gasteiger partial charge in [-0.2, -0.15) is 5.26 Å². The first-order valence-corrected chi connectivity index (χ1v) is 5.33. The first kappa shape index (κ1) is 10.5. The van der Waals surface area contributed by atoms with Crippen molar-refractivity contribution in [1.29, 1.82) is 5.26 Å². The van der Waals surface area contributed by atoms with Gasteiger partial charge in [0.2, 0.25) is 0 Å². The number of hydrogen-bond donors (Lipinski definition) is 0. The third-order valence-corrected chi connectivity index (χ3v) is 2.72. The van der Waals surface area contributed by atoms with Crippen LogP contribution >= 0.6 is 0 Å². The number of aromatic nitrogens is 1. The predicted octanol–water partition coefficient (Wildman–Crippen LogP) is 3.16. The monoisotopic (exact) mass is 210 g/mol. The Morgan fingerprint density at radius 3 is 2.44 bits per heavy atom. The molecule has 2 heteroatoms. The van der Waals surface area contributed by atoms with Crippen LogP contribution in [0.5, 0.6) is 0 Å². The average Bonchev–Trinajstić information content (AvgIpc) is 2.59. The summed E-state index contributed by atoms with van der Waals surface area (Å²) in [5.74, 6) is 0. The van der Waals surface area contributed by atoms with Gasteiger partial charge >= 0.3 is 0 Å². The van der Waals surface area contributed by atoms with Crippen molar-refractivity contribution in [1.82, 2.24) is 4.57 Å². The topological polar surface area (TPSA) is 28.7 Å². The zero-order valence-corrected chi connectivity index (χ0v) is 9.57. The Labute approximate surface area is 95.8 Å². The Kier molecular flexibility index (Phi) is 2.78. The van der Waals surface area contributed by atoms with E-state index in [1.807, 2.05) is 12.1 Å². The van der Waals surface area contributed by atoms with E-state index >= 15 is 0 Å². The lowest BCUT2D eigenvalue weighted by Crippen LogP contribution is -1.99. The number of nitrogens with zero attached hydrogens (tertiary/aromatic N) is 2. The minimum Gasteiger partial charge on any atom is -0.319 e. The summed E-state index contributed by atoms with van der Waals surface area (Å²) in [6, 6.07) is 14.5. The zero-order valence-electron chi connectivity index (χ0n) is 9.57. The van der Waals surface area contributed by atoms with E-state index in [-0.39, 0.29) is 0 Å². The van der Waals surface area contributed by atoms with Crippen molar-refractivity contribution in [2.45, 2.75) is 20.3 Å². The molecule has 0 aliphatic rings. The Bertz CT molecular complexity index is 525. The largest absolute Gasteiger partial charge is 0.319 e. The van der Waals surface area contributed by atoms with Crippen molar-refractivity contribution in [3.05, 3.63) is 53.3 Å². The Hall–Kier alpha value is -2.01. The van der Waals surface area contributed by atoms with E-state index in [1.54, 1.807) is 0 Å². The maximum Gasteiger partial charge on any atom is 0.0669 e. The molecule has 2 nitrogen and oxygen atoms in total. The summed E-state index contributed by atoms with van der Waals surface area (Å²) in [6.45, 7) is 4.17. The first-order valence-electron chi connectivity index (χ1n) is 5.33. The van der Waals surface area contributed by atoms with E-state index in [2.05, 4.69) is 48.7 Å². The van der Waals surface area contributed by atoms with Gasteiger partial charge < -0.3 is 4.57 Å². The number of nitriles is 1. The highest BCUT2D eigenvalue weighted by Gasteiger charge is 2.03. The Morgan fingerprint density at radius 1 is 1.12 bits per heavy atom. The number of hydrogen-bond acceptors (Lipinski definition) is 1. The zero-order chi connectivity index (χ0) is 11.5. The number of rotatable bonds is 2. The van der Waals surface area contributed by atoms with E-state index in [0.29, 0.717) is 6.42 Å². The standard InChI is InChI=1S/C14H14N2/c1-11-6-7-12(2)16(11)14-5-3-4-13(10-14)8-9-15/h3-7,10H,8H2,1-2H3. The average molecular weight is 210 g/mol. The molecule has 2 aromatic rings. The second-order valence-corrected chi connectivity index (χ2v) is 3.96. The van der Waals surface area contributed by atoms with Crippen molar-refractivity contribution in [3.63, 3.8) is 0 Å². The van der Waals surface area contributed by atoms with Crippen molar-refractivity contribution in [3.8, 4) is 11.8 Å². The SMILES string of the molecule is Cc1ccc(C)n1-c1cccc(CC#N)c1. The predicted molar refractivity (Wildman–Crippen MR) is 64.6 cm³/mol. The van der Waals surface area contributed by atoms with Crippen LogP contribution in [-0.2, 0) is 6.42 Å². The van der Waals surface area contributed by atoms with Gasteiger partial charge in [-0.1, -0.05) is 12.1 Å². The molecule has 0 amide bonds. The Balaban J connectivity index is 2.49. The van der Waals surface area contributed by atoms with Crippen molar-refractivity contribution in [2.24, 2.45) is 0 Å². The molecule has 0 N–H and O–H groups in total. The summed E-state index contributed by atoms with van der Waals surface area (Å²) in [5.41, 5.74) is 4.62. The van der Waals surface area contributed by atoms with E-state index in [9.17, 15) is 0 Å². The lowest BCUT2D eigenvalue weighted by Gasteiger charge is -2.10. The van der Waals surface area contributed by atoms with Crippen LogP contribution in [0.25, 0.3) is 5.69 Å². The molecule has 1 heterocycles. The van der Waals surface area contributed by atoms with Gasteiger partial charge in [-0.05, 0) is 43.7 Å². The van der Waals surface area contributed by atoms with Gasteiger partial charge in [0.25, 0.3) is 0 Å². The minimum absolute atomic E-state index is 0.465. The highest BCUT2D eigenvalue weighted by atomic mass is 15.0. The molecule has 0 unspecified atom stereocenters. The van der Waals surface area contributed by atoms with Crippen LogP contribution < -0.4 is 0 Å². The fraction of sp³-hybridized carbons (Fsp3) is 0.214. The molecule has 0 saturated carbocycles. The molecule has 16 heavy (non-hydrogen) atoms. The van der Waals surface area contributed by atoms with Gasteiger partial charge in [0.1, 0.15) is 0 Å². The van der Waals surface area contributed by atoms with E-state index in [0.717, 1.165) is 11.3 Å². The van der Waals surface area contributed by atoms with Crippen molar-refractivity contribution >= 4 is 0 Å². The normalized spacial score (nSPS) is 10.1. The number of benzene rings is 1. The molecular formula is C14H14N2. The van der Waals surface area contributed by atoms with E-state index in [1.165, 1.54) is 11.4 Å². The molecule has 80 valence electrons. The second kappa shape index (κ2) is 4.24. The van der Waals surface area contributed by atoms with Gasteiger partial charge in [0.15, 0.2) is 0 Å². The molecule has 1 aromatic carbocycles. The quantitative estimate of drug-likeness (QED) is 0.748. The van der Waals surface area contributed by atoms with Gasteiger partial charge in [-0.3, -0.25) is 0 Å². The van der Waals surface area contributed by atoms with Crippen LogP contribution in [0.1, 0.15) is 17.0 Å². The summed E-state index contributed by atoms with van der Waals surface area (Å²) in [7, 11) is 0. The van der Waals surface area contributed by atoms with Gasteiger partial charge in [0, 0.05) is 17.1 Å². The molecule has 0 fully saturated rings. The smallest absolute Gasteiger partial charge is 0.0669 e. The lowest BCUT2D eigenvalue weighted by molar-refractivity contribution is 0.962. The highest BCUT2D eigenvalue weighted by Crippen LogP contribution is 2.17. The van der Waals surface area contributed by atoms with Gasteiger partial charge in [-0.15, -0.1) is 0 Å². The molecule has 1 aromatic heterocycles. The van der Waals surface area contributed by atoms with Crippen molar-refractivity contribution < 1.29 is 0 Å². The molecular weight excluding hydrogens is 196 g/mol. The summed E-state index contributed by atoms with van der Waals surface area (Å²) < 4.78 is 2.20. The minimum atomic E-state index is 0.465. The summed E-state index contributed by atoms with van der Waals surface area (Å²) in [4.78, 5) is 0. The third kappa shape index (κ3) is 1.85. The van der Waals surface area contributed by atoms with E-state index in [4.69, 9.17) is 5.26 Å². The molecule has 0 aliphatic heterocycles. The molecule has 2 rings (SSSR count). The summed E-state index contributed by atoms with van der Waals surface area (Å²) >= 11 is 0. The van der Waals surface area contributed by atoms with Crippen LogP contribution in [0.4, 0.5) is 0 Å². The van der Waals surface area contributed by atoms with Crippen LogP contribution in [0, 0.1) is 25.2 Å². The van der Waals surface area contributed by atoms with Crippen LogP contribution in [0.3, 0.4) is 0 Å². The van der Waals surface area contributed by atoms with E-state index < -0.39 is 0 Å². The fourth-order valence-electron chi connectivity index (χ4n) is 1.97. The van der Waals surface area contributed by atoms with Crippen LogP contribution in [0.2, 0.25) is 0 Å².